The maximum atomic E-state index is 12.9. The summed E-state index contributed by atoms with van der Waals surface area (Å²) < 4.78 is 7.00. The van der Waals surface area contributed by atoms with Crippen molar-refractivity contribution in [1.29, 1.82) is 0 Å². The number of nitrogens with zero attached hydrogens (tertiary/aromatic N) is 5. The number of pyridine rings is 1. The Labute approximate surface area is 267 Å². The van der Waals surface area contributed by atoms with Gasteiger partial charge in [0.1, 0.15) is 0 Å². The molecule has 0 saturated carbocycles. The Morgan fingerprint density at radius 2 is 1.72 bits per heavy atom. The van der Waals surface area contributed by atoms with Crippen molar-refractivity contribution in [2.24, 2.45) is 5.92 Å². The molecule has 0 atom stereocenters. The summed E-state index contributed by atoms with van der Waals surface area (Å²) >= 11 is 0. The lowest BCUT2D eigenvalue weighted by molar-refractivity contribution is -0.126. The molecule has 4 heterocycles. The van der Waals surface area contributed by atoms with E-state index in [9.17, 15) is 9.90 Å². The SMILES string of the molecule is COc1cc(CNC(=O)C2CCN(Cc3ccc(-c4nc5c(cnc6cc(C)nn65)cc4-c4ccccc4)cc3)CC2)ccc1O. The van der Waals surface area contributed by atoms with E-state index in [0.29, 0.717) is 12.3 Å². The Morgan fingerprint density at radius 1 is 0.957 bits per heavy atom. The summed E-state index contributed by atoms with van der Waals surface area (Å²) in [5.74, 6) is 0.562. The molecule has 232 valence electrons. The normalized spacial score (nSPS) is 14.1. The Hall–Kier alpha value is -5.28. The molecule has 9 nitrogen and oxygen atoms in total. The zero-order chi connectivity index (χ0) is 31.6. The minimum atomic E-state index is -0.00624. The van der Waals surface area contributed by atoms with Gasteiger partial charge in [0, 0.05) is 47.8 Å². The van der Waals surface area contributed by atoms with Gasteiger partial charge in [0.05, 0.1) is 18.5 Å². The first-order valence-corrected chi connectivity index (χ1v) is 15.6. The number of methoxy groups -OCH3 is 1. The van der Waals surface area contributed by atoms with Gasteiger partial charge in [0.2, 0.25) is 5.91 Å². The molecule has 1 aliphatic rings. The first-order valence-electron chi connectivity index (χ1n) is 15.6. The number of amides is 1. The van der Waals surface area contributed by atoms with Gasteiger partial charge >= 0.3 is 0 Å². The van der Waals surface area contributed by atoms with E-state index in [4.69, 9.17) is 9.72 Å². The lowest BCUT2D eigenvalue weighted by atomic mass is 9.95. The lowest BCUT2D eigenvalue weighted by Gasteiger charge is -2.31. The van der Waals surface area contributed by atoms with Gasteiger partial charge in [-0.05, 0) is 67.7 Å². The zero-order valence-electron chi connectivity index (χ0n) is 26.0. The van der Waals surface area contributed by atoms with E-state index < -0.39 is 0 Å². The average Bonchev–Trinajstić information content (AvgIpc) is 3.49. The smallest absolute Gasteiger partial charge is 0.223 e. The van der Waals surface area contributed by atoms with Crippen molar-refractivity contribution in [2.45, 2.75) is 32.9 Å². The van der Waals surface area contributed by atoms with E-state index in [1.54, 1.807) is 18.2 Å². The largest absolute Gasteiger partial charge is 0.504 e. The van der Waals surface area contributed by atoms with E-state index in [1.807, 2.05) is 41.9 Å². The number of aromatic nitrogens is 4. The summed E-state index contributed by atoms with van der Waals surface area (Å²) in [5.41, 5.74) is 8.68. The van der Waals surface area contributed by atoms with Gasteiger partial charge in [0.25, 0.3) is 0 Å². The number of aryl methyl sites for hydroxylation is 1. The van der Waals surface area contributed by atoms with E-state index in [2.05, 4.69) is 62.8 Å². The number of aromatic hydroxyl groups is 1. The van der Waals surface area contributed by atoms with Gasteiger partial charge in [-0.15, -0.1) is 0 Å². The van der Waals surface area contributed by atoms with Crippen LogP contribution in [0.2, 0.25) is 0 Å². The summed E-state index contributed by atoms with van der Waals surface area (Å²) in [5, 5.41) is 18.5. The van der Waals surface area contributed by atoms with E-state index in [-0.39, 0.29) is 17.6 Å². The number of carbonyl (C=O) groups is 1. The summed E-state index contributed by atoms with van der Waals surface area (Å²) in [6.45, 7) is 4.93. The number of piperidine rings is 1. The highest BCUT2D eigenvalue weighted by Crippen LogP contribution is 2.34. The van der Waals surface area contributed by atoms with Gasteiger partial charge in [-0.1, -0.05) is 60.7 Å². The van der Waals surface area contributed by atoms with Gasteiger partial charge < -0.3 is 15.2 Å². The number of ether oxygens (including phenoxy) is 1. The predicted octanol–water partition coefficient (Wildman–Crippen LogP) is 6.16. The van der Waals surface area contributed by atoms with Crippen LogP contribution in [0.1, 0.15) is 29.7 Å². The third kappa shape index (κ3) is 6.01. The van der Waals surface area contributed by atoms with Crippen molar-refractivity contribution < 1.29 is 14.6 Å². The standard InChI is InChI=1S/C37H36N6O3/c1-24-18-34-38-22-30-20-31(27-6-4-3-5-7-27)35(40-36(30)43(34)41-24)28-11-8-25(9-12-28)23-42-16-14-29(15-17-42)37(45)39-21-26-10-13-32(44)33(19-26)46-2/h3-13,18-20,22,29,44H,14-17,21,23H2,1-2H3,(H,39,45). The molecule has 1 aliphatic heterocycles. The topological polar surface area (TPSA) is 105 Å². The second kappa shape index (κ2) is 12.6. The number of nitrogens with one attached hydrogen (secondary N) is 1. The zero-order valence-corrected chi connectivity index (χ0v) is 26.0. The Kier molecular flexibility index (Phi) is 8.07. The van der Waals surface area contributed by atoms with Crippen molar-refractivity contribution in [2.75, 3.05) is 20.2 Å². The number of phenols is 1. The number of phenolic OH excluding ortho intramolecular Hbond substituents is 1. The monoisotopic (exact) mass is 612 g/mol. The van der Waals surface area contributed by atoms with Crippen LogP contribution < -0.4 is 10.1 Å². The highest BCUT2D eigenvalue weighted by atomic mass is 16.5. The number of fused-ring (bicyclic) bond motifs is 3. The number of likely N-dealkylation sites (tertiary alicyclic amines) is 1. The first-order chi connectivity index (χ1) is 22.4. The highest BCUT2D eigenvalue weighted by molar-refractivity contribution is 5.90. The number of hydrogen-bond acceptors (Lipinski definition) is 7. The molecule has 0 radical (unpaired) electrons. The van der Waals surface area contributed by atoms with Crippen molar-refractivity contribution in [3.8, 4) is 33.9 Å². The van der Waals surface area contributed by atoms with Crippen molar-refractivity contribution in [3.63, 3.8) is 0 Å². The number of hydrogen-bond donors (Lipinski definition) is 2. The molecule has 3 aromatic heterocycles. The van der Waals surface area contributed by atoms with Gasteiger partial charge in [-0.25, -0.2) is 9.97 Å². The van der Waals surface area contributed by atoms with Crippen LogP contribution in [-0.2, 0) is 17.9 Å². The molecule has 0 aliphatic carbocycles. The molecule has 9 heteroatoms. The quantitative estimate of drug-likeness (QED) is 0.212. The first kappa shape index (κ1) is 29.4. The number of carbonyl (C=O) groups excluding carboxylic acids is 1. The Morgan fingerprint density at radius 3 is 2.48 bits per heavy atom. The molecule has 1 amide bonds. The summed E-state index contributed by atoms with van der Waals surface area (Å²) in [6.07, 6.45) is 3.51. The van der Waals surface area contributed by atoms with E-state index in [1.165, 1.54) is 12.7 Å². The lowest BCUT2D eigenvalue weighted by Crippen LogP contribution is -2.40. The van der Waals surface area contributed by atoms with Crippen molar-refractivity contribution in [3.05, 3.63) is 108 Å². The van der Waals surface area contributed by atoms with Crippen LogP contribution in [0.3, 0.4) is 0 Å². The van der Waals surface area contributed by atoms with Gasteiger partial charge in [-0.2, -0.15) is 9.61 Å². The summed E-state index contributed by atoms with van der Waals surface area (Å²) in [7, 11) is 1.51. The van der Waals surface area contributed by atoms with Crippen LogP contribution >= 0.6 is 0 Å². The van der Waals surface area contributed by atoms with Crippen LogP contribution in [0.4, 0.5) is 0 Å². The molecule has 1 saturated heterocycles. The van der Waals surface area contributed by atoms with Crippen LogP contribution in [0.15, 0.2) is 91.1 Å². The molecule has 46 heavy (non-hydrogen) atoms. The molecule has 6 aromatic rings. The fourth-order valence-corrected chi connectivity index (χ4v) is 6.26. The van der Waals surface area contributed by atoms with Gasteiger partial charge in [0.15, 0.2) is 22.8 Å². The summed E-state index contributed by atoms with van der Waals surface area (Å²) in [4.78, 5) is 25.1. The Bertz CT molecular complexity index is 2020. The summed E-state index contributed by atoms with van der Waals surface area (Å²) in [6, 6.07) is 28.3. The molecule has 0 unspecified atom stereocenters. The van der Waals surface area contributed by atoms with Crippen LogP contribution in [0.25, 0.3) is 39.1 Å². The molecule has 7 rings (SSSR count). The molecule has 0 bridgehead atoms. The predicted molar refractivity (Wildman–Crippen MR) is 178 cm³/mol. The highest BCUT2D eigenvalue weighted by Gasteiger charge is 2.25. The fraction of sp³-hybridized carbons (Fsp3) is 0.243. The fourth-order valence-electron chi connectivity index (χ4n) is 6.26. The Balaban J connectivity index is 1.04. The minimum Gasteiger partial charge on any atom is -0.504 e. The van der Waals surface area contributed by atoms with E-state index >= 15 is 0 Å². The van der Waals surface area contributed by atoms with Crippen molar-refractivity contribution in [1.82, 2.24) is 29.8 Å². The molecular formula is C37H36N6O3. The molecule has 1 fully saturated rings. The molecule has 3 aromatic carbocycles. The van der Waals surface area contributed by atoms with Crippen LogP contribution in [0, 0.1) is 12.8 Å². The second-order valence-electron chi connectivity index (χ2n) is 11.9. The third-order valence-electron chi connectivity index (χ3n) is 8.77. The third-order valence-corrected chi connectivity index (χ3v) is 8.77. The molecule has 2 N–H and O–H groups in total. The maximum absolute atomic E-state index is 12.9. The maximum Gasteiger partial charge on any atom is 0.223 e. The van der Waals surface area contributed by atoms with Gasteiger partial charge in [-0.3, -0.25) is 9.69 Å². The number of benzene rings is 3. The number of rotatable bonds is 8. The van der Waals surface area contributed by atoms with Crippen molar-refractivity contribution >= 4 is 22.6 Å². The second-order valence-corrected chi connectivity index (χ2v) is 11.9. The van der Waals surface area contributed by atoms with E-state index in [0.717, 1.165) is 82.8 Å². The van der Waals surface area contributed by atoms with Crippen LogP contribution in [-0.4, -0.2) is 55.7 Å². The van der Waals surface area contributed by atoms with Crippen LogP contribution in [0.5, 0.6) is 11.5 Å². The average molecular weight is 613 g/mol. The minimum absolute atomic E-state index is 0.00624. The molecule has 0 spiro atoms. The molecular weight excluding hydrogens is 576 g/mol.